The molecule has 7 nitrogen and oxygen atoms in total. The second-order valence-electron chi connectivity index (χ2n) is 6.29. The van der Waals surface area contributed by atoms with E-state index in [1.165, 1.54) is 0 Å². The lowest BCUT2D eigenvalue weighted by Crippen LogP contribution is -2.42. The Labute approximate surface area is 159 Å². The number of carbonyl (C=O) groups is 2. The molecule has 0 saturated carbocycles. The summed E-state index contributed by atoms with van der Waals surface area (Å²) in [6, 6.07) is 12.0. The molecule has 3 N–H and O–H groups in total. The smallest absolute Gasteiger partial charge is 0.269 e. The number of aryl methyl sites for hydroxylation is 3. The van der Waals surface area contributed by atoms with E-state index in [-0.39, 0.29) is 17.9 Å². The van der Waals surface area contributed by atoms with E-state index in [1.54, 1.807) is 43.3 Å². The van der Waals surface area contributed by atoms with Crippen molar-refractivity contribution in [2.24, 2.45) is 0 Å². The fourth-order valence-corrected chi connectivity index (χ4v) is 3.70. The molecule has 8 heteroatoms. The number of hydrogen-bond donors (Lipinski definition) is 3. The predicted molar refractivity (Wildman–Crippen MR) is 103 cm³/mol. The van der Waals surface area contributed by atoms with Crippen LogP contribution < -0.4 is 15.6 Å². The van der Waals surface area contributed by atoms with Gasteiger partial charge in [-0.15, -0.1) is 0 Å². The zero-order valence-corrected chi connectivity index (χ0v) is 16.3. The fourth-order valence-electron chi connectivity index (χ4n) is 2.34. The van der Waals surface area contributed by atoms with Gasteiger partial charge in [-0.2, -0.15) is 0 Å². The molecule has 0 bridgehead atoms. The van der Waals surface area contributed by atoms with Crippen LogP contribution in [0.2, 0.25) is 0 Å². The van der Waals surface area contributed by atoms with Crippen LogP contribution in [0.1, 0.15) is 33.5 Å². The first-order valence-corrected chi connectivity index (χ1v) is 9.90. The molecule has 2 rings (SSSR count). The Hall–Kier alpha value is -2.71. The van der Waals surface area contributed by atoms with Gasteiger partial charge in [0.05, 0.1) is 4.90 Å². The Kier molecular flexibility index (Phi) is 6.70. The molecule has 0 aliphatic carbocycles. The maximum atomic E-state index is 12.4. The lowest BCUT2D eigenvalue weighted by atomic mass is 10.1. The minimum absolute atomic E-state index is 0.0814. The molecule has 0 aliphatic heterocycles. The van der Waals surface area contributed by atoms with Gasteiger partial charge in [-0.3, -0.25) is 20.4 Å². The van der Waals surface area contributed by atoms with Gasteiger partial charge >= 0.3 is 0 Å². The van der Waals surface area contributed by atoms with E-state index in [0.29, 0.717) is 11.1 Å². The third-order valence-electron chi connectivity index (χ3n) is 3.91. The Bertz CT molecular complexity index is 938. The van der Waals surface area contributed by atoms with Crippen molar-refractivity contribution in [1.29, 1.82) is 0 Å². The highest BCUT2D eigenvalue weighted by atomic mass is 32.2. The Balaban J connectivity index is 1.82. The first kappa shape index (κ1) is 20.6. The van der Waals surface area contributed by atoms with Gasteiger partial charge in [-0.1, -0.05) is 29.8 Å². The maximum Gasteiger partial charge on any atom is 0.269 e. The van der Waals surface area contributed by atoms with Gasteiger partial charge in [0.15, 0.2) is 0 Å². The number of carbonyl (C=O) groups excluding carboxylic acids is 2. The quantitative estimate of drug-likeness (QED) is 0.655. The summed E-state index contributed by atoms with van der Waals surface area (Å²) >= 11 is 0. The predicted octanol–water partition coefficient (Wildman–Crippen LogP) is 1.74. The molecule has 0 fully saturated rings. The van der Waals surface area contributed by atoms with E-state index >= 15 is 0 Å². The molecule has 0 unspecified atom stereocenters. The second kappa shape index (κ2) is 8.79. The van der Waals surface area contributed by atoms with Crippen LogP contribution in [0.4, 0.5) is 0 Å². The number of rotatable bonds is 6. The standard InChI is InChI=1S/C19H23N3O4S/c1-13-5-8-16(9-6-13)19(24)22-21-18(23)10-11-20-27(25,26)17-12-14(2)4-7-15(17)3/h4-9,12,20H,10-11H2,1-3H3,(H,21,23)(H,22,24). The zero-order valence-electron chi connectivity index (χ0n) is 15.5. The number of hydrogen-bond acceptors (Lipinski definition) is 4. The molecule has 2 amide bonds. The lowest BCUT2D eigenvalue weighted by molar-refractivity contribution is -0.121. The summed E-state index contributed by atoms with van der Waals surface area (Å²) in [7, 11) is -3.70. The summed E-state index contributed by atoms with van der Waals surface area (Å²) in [5.74, 6) is -0.946. The van der Waals surface area contributed by atoms with Crippen molar-refractivity contribution in [1.82, 2.24) is 15.6 Å². The van der Waals surface area contributed by atoms with Crippen molar-refractivity contribution in [3.8, 4) is 0 Å². The van der Waals surface area contributed by atoms with Gasteiger partial charge in [0.1, 0.15) is 0 Å². The van der Waals surface area contributed by atoms with E-state index in [0.717, 1.165) is 11.1 Å². The van der Waals surface area contributed by atoms with E-state index in [1.807, 2.05) is 19.9 Å². The molecular formula is C19H23N3O4S. The maximum absolute atomic E-state index is 12.4. The van der Waals surface area contributed by atoms with Crippen molar-refractivity contribution >= 4 is 21.8 Å². The first-order chi connectivity index (χ1) is 12.7. The second-order valence-corrected chi connectivity index (χ2v) is 8.02. The van der Waals surface area contributed by atoms with Crippen LogP contribution >= 0.6 is 0 Å². The molecule has 2 aromatic carbocycles. The van der Waals surface area contributed by atoms with Gasteiger partial charge in [0, 0.05) is 18.5 Å². The van der Waals surface area contributed by atoms with E-state index < -0.39 is 21.8 Å². The van der Waals surface area contributed by atoms with Crippen LogP contribution in [0.5, 0.6) is 0 Å². The van der Waals surface area contributed by atoms with Crippen molar-refractivity contribution in [3.63, 3.8) is 0 Å². The van der Waals surface area contributed by atoms with Crippen LogP contribution in [-0.4, -0.2) is 26.8 Å². The minimum atomic E-state index is -3.70. The highest BCUT2D eigenvalue weighted by molar-refractivity contribution is 7.89. The number of benzene rings is 2. The summed E-state index contributed by atoms with van der Waals surface area (Å²) in [6.07, 6.45) is -0.113. The van der Waals surface area contributed by atoms with E-state index in [4.69, 9.17) is 0 Å². The summed E-state index contributed by atoms with van der Waals surface area (Å²) in [4.78, 5) is 23.9. The molecule has 27 heavy (non-hydrogen) atoms. The topological polar surface area (TPSA) is 104 Å². The zero-order chi connectivity index (χ0) is 20.0. The van der Waals surface area contributed by atoms with Gasteiger partial charge in [0.25, 0.3) is 5.91 Å². The number of nitrogens with one attached hydrogen (secondary N) is 3. The monoisotopic (exact) mass is 389 g/mol. The first-order valence-electron chi connectivity index (χ1n) is 8.42. The Morgan fingerprint density at radius 2 is 1.52 bits per heavy atom. The summed E-state index contributed by atoms with van der Waals surface area (Å²) in [5, 5.41) is 0. The van der Waals surface area contributed by atoms with Crippen LogP contribution in [0.25, 0.3) is 0 Å². The molecule has 0 heterocycles. The third-order valence-corrected chi connectivity index (χ3v) is 5.51. The number of hydrazine groups is 1. The van der Waals surface area contributed by atoms with Crippen LogP contribution in [0, 0.1) is 20.8 Å². The molecule has 0 saturated heterocycles. The number of amides is 2. The molecule has 0 radical (unpaired) electrons. The summed E-state index contributed by atoms with van der Waals surface area (Å²) < 4.78 is 27.1. The Morgan fingerprint density at radius 3 is 2.19 bits per heavy atom. The highest BCUT2D eigenvalue weighted by Gasteiger charge is 2.17. The Morgan fingerprint density at radius 1 is 0.889 bits per heavy atom. The molecule has 0 atom stereocenters. The SMILES string of the molecule is Cc1ccc(C(=O)NNC(=O)CCNS(=O)(=O)c2cc(C)ccc2C)cc1. The normalized spacial score (nSPS) is 11.1. The average Bonchev–Trinajstić information content (AvgIpc) is 2.62. The van der Waals surface area contributed by atoms with Crippen molar-refractivity contribution in [2.75, 3.05) is 6.54 Å². The van der Waals surface area contributed by atoms with Crippen molar-refractivity contribution in [2.45, 2.75) is 32.1 Å². The van der Waals surface area contributed by atoms with Crippen LogP contribution in [0.15, 0.2) is 47.4 Å². The van der Waals surface area contributed by atoms with Crippen molar-refractivity contribution in [3.05, 3.63) is 64.7 Å². The summed E-state index contributed by atoms with van der Waals surface area (Å²) in [6.45, 7) is 5.34. The third kappa shape index (κ3) is 5.90. The minimum Gasteiger partial charge on any atom is -0.273 e. The number of sulfonamides is 1. The van der Waals surface area contributed by atoms with Gasteiger partial charge in [-0.25, -0.2) is 13.1 Å². The lowest BCUT2D eigenvalue weighted by Gasteiger charge is -2.11. The summed E-state index contributed by atoms with van der Waals surface area (Å²) in [5.41, 5.74) is 7.46. The van der Waals surface area contributed by atoms with Crippen LogP contribution in [-0.2, 0) is 14.8 Å². The van der Waals surface area contributed by atoms with Gasteiger partial charge in [0.2, 0.25) is 15.9 Å². The molecular weight excluding hydrogens is 366 g/mol. The van der Waals surface area contributed by atoms with Gasteiger partial charge in [-0.05, 0) is 50.1 Å². The largest absolute Gasteiger partial charge is 0.273 e. The average molecular weight is 389 g/mol. The highest BCUT2D eigenvalue weighted by Crippen LogP contribution is 2.16. The van der Waals surface area contributed by atoms with Gasteiger partial charge < -0.3 is 0 Å². The van der Waals surface area contributed by atoms with E-state index in [9.17, 15) is 18.0 Å². The molecule has 144 valence electrons. The fraction of sp³-hybridized carbons (Fsp3) is 0.263. The van der Waals surface area contributed by atoms with Crippen molar-refractivity contribution < 1.29 is 18.0 Å². The molecule has 0 aromatic heterocycles. The molecule has 0 aliphatic rings. The molecule has 2 aromatic rings. The van der Waals surface area contributed by atoms with Crippen LogP contribution in [0.3, 0.4) is 0 Å². The molecule has 0 spiro atoms. The van der Waals surface area contributed by atoms with E-state index in [2.05, 4.69) is 15.6 Å².